The first-order valence-corrected chi connectivity index (χ1v) is 9.74. The molecule has 1 atom stereocenters. The molecule has 0 radical (unpaired) electrons. The average Bonchev–Trinajstić information content (AvgIpc) is 2.55. The van der Waals surface area contributed by atoms with Crippen molar-refractivity contribution in [1.29, 1.82) is 0 Å². The standard InChI is InChI=1S/C10H17P3/c1-2-4-6-9(7-5-3-1)10-8-11-13-12-10/h8-9,11H,1-7H2. The lowest BCUT2D eigenvalue weighted by atomic mass is 9.91. The molecule has 72 valence electrons. The molecule has 1 saturated carbocycles. The first kappa shape index (κ1) is 10.2. The zero-order valence-corrected chi connectivity index (χ0v) is 10.8. The fourth-order valence-corrected chi connectivity index (χ4v) is 8.11. The van der Waals surface area contributed by atoms with Crippen molar-refractivity contribution in [2.45, 2.75) is 50.9 Å². The summed E-state index contributed by atoms with van der Waals surface area (Å²) < 4.78 is 0. The van der Waals surface area contributed by atoms with Crippen molar-refractivity contribution >= 4 is 23.3 Å². The largest absolute Gasteiger partial charge is 0.105 e. The highest BCUT2D eigenvalue weighted by molar-refractivity contribution is 8.17. The van der Waals surface area contributed by atoms with Crippen LogP contribution in [0.3, 0.4) is 0 Å². The highest BCUT2D eigenvalue weighted by atomic mass is 32.1. The average molecular weight is 230 g/mol. The van der Waals surface area contributed by atoms with Gasteiger partial charge in [0, 0.05) is 0 Å². The molecule has 1 unspecified atom stereocenters. The molecule has 1 fully saturated rings. The molecule has 1 heterocycles. The van der Waals surface area contributed by atoms with E-state index in [2.05, 4.69) is 5.80 Å². The molecule has 1 aromatic heterocycles. The van der Waals surface area contributed by atoms with E-state index in [-0.39, 0.29) is 0 Å². The van der Waals surface area contributed by atoms with Gasteiger partial charge < -0.3 is 0 Å². The molecule has 0 spiro atoms. The number of hydrogen-bond acceptors (Lipinski definition) is 0. The molecule has 0 aliphatic heterocycles. The summed E-state index contributed by atoms with van der Waals surface area (Å²) in [6, 6.07) is 0. The van der Waals surface area contributed by atoms with Crippen molar-refractivity contribution in [2.24, 2.45) is 0 Å². The molecule has 0 N–H and O–H groups in total. The molecule has 1 aliphatic carbocycles. The first-order valence-electron chi connectivity index (χ1n) is 5.33. The third-order valence-corrected chi connectivity index (χ3v) is 8.25. The van der Waals surface area contributed by atoms with Crippen LogP contribution in [0.2, 0.25) is 0 Å². The molecule has 13 heavy (non-hydrogen) atoms. The van der Waals surface area contributed by atoms with Crippen molar-refractivity contribution < 1.29 is 0 Å². The SMILES string of the molecule is c1[pH]ppc1C1CCCCCCC1. The van der Waals surface area contributed by atoms with Crippen LogP contribution in [0.1, 0.15) is 56.2 Å². The maximum absolute atomic E-state index is 2.54. The Morgan fingerprint density at radius 2 is 1.77 bits per heavy atom. The third-order valence-electron chi connectivity index (χ3n) is 2.96. The molecule has 3 heteroatoms. The van der Waals surface area contributed by atoms with Crippen LogP contribution in [0, 0.1) is 0 Å². The molecule has 0 nitrogen and oxygen atoms in total. The summed E-state index contributed by atoms with van der Waals surface area (Å²) in [6.07, 6.45) is 10.4. The zero-order chi connectivity index (χ0) is 8.93. The van der Waals surface area contributed by atoms with Gasteiger partial charge in [0.15, 0.2) is 0 Å². The highest BCUT2D eigenvalue weighted by Gasteiger charge is 2.13. The van der Waals surface area contributed by atoms with Gasteiger partial charge in [-0.3, -0.25) is 0 Å². The quantitative estimate of drug-likeness (QED) is 0.579. The minimum atomic E-state index is 0.976. The van der Waals surface area contributed by atoms with Gasteiger partial charge >= 0.3 is 0 Å². The minimum absolute atomic E-state index is 0.976. The van der Waals surface area contributed by atoms with Gasteiger partial charge in [0.2, 0.25) is 0 Å². The van der Waals surface area contributed by atoms with Crippen LogP contribution >= 0.6 is 23.3 Å². The minimum Gasteiger partial charge on any atom is -0.105 e. The second kappa shape index (κ2) is 5.50. The highest BCUT2D eigenvalue weighted by Crippen LogP contribution is 2.44. The van der Waals surface area contributed by atoms with Crippen LogP contribution in [0.25, 0.3) is 0 Å². The molecule has 0 aromatic carbocycles. The Labute approximate surface area is 85.6 Å². The molecular formula is C10H17P3. The topological polar surface area (TPSA) is 0 Å². The molecule has 0 saturated heterocycles. The Kier molecular flexibility index (Phi) is 4.30. The summed E-state index contributed by atoms with van der Waals surface area (Å²) in [5.74, 6) is 3.51. The van der Waals surface area contributed by atoms with E-state index >= 15 is 0 Å². The van der Waals surface area contributed by atoms with Crippen molar-refractivity contribution in [2.75, 3.05) is 0 Å². The summed E-state index contributed by atoms with van der Waals surface area (Å²) in [5, 5.41) is 1.79. The second-order valence-corrected chi connectivity index (χ2v) is 9.18. The maximum Gasteiger partial charge on any atom is -0.00865 e. The van der Waals surface area contributed by atoms with Crippen LogP contribution < -0.4 is 0 Å². The lowest BCUT2D eigenvalue weighted by molar-refractivity contribution is 0.460. The molecule has 0 amide bonds. The summed E-state index contributed by atoms with van der Waals surface area (Å²) in [7, 11) is 4.40. The predicted molar refractivity (Wildman–Crippen MR) is 66.0 cm³/mol. The summed E-state index contributed by atoms with van der Waals surface area (Å²) in [6.45, 7) is 0. The van der Waals surface area contributed by atoms with Crippen LogP contribution in [0.15, 0.2) is 5.80 Å². The van der Waals surface area contributed by atoms with Crippen LogP contribution in [0.4, 0.5) is 0 Å². The van der Waals surface area contributed by atoms with Crippen molar-refractivity contribution in [3.63, 3.8) is 0 Å². The first-order chi connectivity index (χ1) is 6.47. The van der Waals surface area contributed by atoms with E-state index in [4.69, 9.17) is 0 Å². The Morgan fingerprint density at radius 3 is 2.38 bits per heavy atom. The van der Waals surface area contributed by atoms with E-state index in [1.165, 1.54) is 44.9 Å². The van der Waals surface area contributed by atoms with Crippen molar-refractivity contribution in [1.82, 2.24) is 0 Å². The fourth-order valence-electron chi connectivity index (χ4n) is 2.16. The van der Waals surface area contributed by atoms with Crippen molar-refractivity contribution in [3.05, 3.63) is 11.1 Å². The second-order valence-electron chi connectivity index (χ2n) is 3.94. The monoisotopic (exact) mass is 230 g/mol. The Bertz CT molecular complexity index is 222. The van der Waals surface area contributed by atoms with Gasteiger partial charge in [-0.1, -0.05) is 32.1 Å². The molecule has 0 bridgehead atoms. The van der Waals surface area contributed by atoms with Gasteiger partial charge in [-0.2, -0.15) is 0 Å². The lowest BCUT2D eigenvalue weighted by Gasteiger charge is -2.17. The van der Waals surface area contributed by atoms with Gasteiger partial charge in [-0.15, -0.1) is 7.87 Å². The summed E-state index contributed by atoms with van der Waals surface area (Å²) >= 11 is 0. The van der Waals surface area contributed by atoms with Crippen LogP contribution in [-0.2, 0) is 0 Å². The van der Waals surface area contributed by atoms with E-state index < -0.39 is 0 Å². The molecular weight excluding hydrogens is 213 g/mol. The molecule has 1 aliphatic rings. The Hall–Kier alpha value is 0.640. The van der Waals surface area contributed by atoms with Crippen molar-refractivity contribution in [3.8, 4) is 0 Å². The Morgan fingerprint density at radius 1 is 1.08 bits per heavy atom. The fraction of sp³-hybridized carbons (Fsp3) is 0.800. The van der Waals surface area contributed by atoms with Gasteiger partial charge in [0.25, 0.3) is 0 Å². The van der Waals surface area contributed by atoms with Crippen LogP contribution in [0.5, 0.6) is 0 Å². The third kappa shape index (κ3) is 3.06. The van der Waals surface area contributed by atoms with E-state index in [0.29, 0.717) is 0 Å². The van der Waals surface area contributed by atoms with Crippen LogP contribution in [-0.4, -0.2) is 0 Å². The summed E-state index contributed by atoms with van der Waals surface area (Å²) in [4.78, 5) is 0. The van der Waals surface area contributed by atoms with E-state index in [9.17, 15) is 0 Å². The normalized spacial score (nSPS) is 22.8. The zero-order valence-electron chi connectivity index (χ0n) is 8.00. The molecule has 1 aromatic rings. The van der Waals surface area contributed by atoms with Gasteiger partial charge in [0.1, 0.15) is 0 Å². The molecule has 2 rings (SSSR count). The predicted octanol–water partition coefficient (Wildman–Crippen LogP) is 5.71. The lowest BCUT2D eigenvalue weighted by Crippen LogP contribution is -1.99. The number of rotatable bonds is 1. The van der Waals surface area contributed by atoms with E-state index in [1.54, 1.807) is 20.7 Å². The van der Waals surface area contributed by atoms with Gasteiger partial charge in [-0.25, -0.2) is 0 Å². The number of hydrogen-bond donors (Lipinski definition) is 0. The Balaban J connectivity index is 1.96. The van der Waals surface area contributed by atoms with Gasteiger partial charge in [0.05, 0.1) is 0 Å². The summed E-state index contributed by atoms with van der Waals surface area (Å²) in [5.41, 5.74) is 0. The van der Waals surface area contributed by atoms with Gasteiger partial charge in [-0.05, 0) is 45.3 Å². The van der Waals surface area contributed by atoms with E-state index in [0.717, 1.165) is 13.8 Å². The smallest absolute Gasteiger partial charge is 0.00865 e. The maximum atomic E-state index is 2.54. The van der Waals surface area contributed by atoms with E-state index in [1.807, 2.05) is 0 Å².